The van der Waals surface area contributed by atoms with Crippen LogP contribution in [0.25, 0.3) is 0 Å². The third kappa shape index (κ3) is 2.66. The Morgan fingerprint density at radius 2 is 1.78 bits per heavy atom. The molecule has 2 unspecified atom stereocenters. The summed E-state index contributed by atoms with van der Waals surface area (Å²) in [6, 6.07) is 0. The fourth-order valence-corrected chi connectivity index (χ4v) is 2.53. The zero-order valence-electron chi connectivity index (χ0n) is 12.0. The minimum Gasteiger partial charge on any atom is -0.481 e. The lowest BCUT2D eigenvalue weighted by molar-refractivity contribution is -0.171. The molecule has 0 aliphatic carbocycles. The molecule has 1 saturated heterocycles. The Kier molecular flexibility index (Phi) is 3.51. The van der Waals surface area contributed by atoms with Gasteiger partial charge < -0.3 is 15.2 Å². The second-order valence-electron chi connectivity index (χ2n) is 6.76. The van der Waals surface area contributed by atoms with Gasteiger partial charge in [0.25, 0.3) is 0 Å². The van der Waals surface area contributed by atoms with E-state index in [1.54, 1.807) is 27.7 Å². The van der Waals surface area contributed by atoms with Crippen molar-refractivity contribution in [2.24, 2.45) is 11.3 Å². The number of aliphatic carboxylic acids is 1. The number of hydrogen-bond acceptors (Lipinski definition) is 4. The van der Waals surface area contributed by atoms with E-state index in [1.807, 2.05) is 13.8 Å². The van der Waals surface area contributed by atoms with Crippen LogP contribution in [0.3, 0.4) is 0 Å². The number of nitrogens with one attached hydrogen (secondary N) is 1. The highest BCUT2D eigenvalue weighted by Crippen LogP contribution is 2.42. The molecule has 2 N–H and O–H groups in total. The summed E-state index contributed by atoms with van der Waals surface area (Å²) in [7, 11) is 0. The molecule has 0 bridgehead atoms. The molecule has 0 aromatic heterocycles. The van der Waals surface area contributed by atoms with E-state index < -0.39 is 34.4 Å². The van der Waals surface area contributed by atoms with Crippen LogP contribution in [0.5, 0.6) is 0 Å². The third-order valence-corrected chi connectivity index (χ3v) is 3.40. The van der Waals surface area contributed by atoms with Gasteiger partial charge in [-0.25, -0.2) is 0 Å². The van der Waals surface area contributed by atoms with Crippen molar-refractivity contribution in [2.45, 2.75) is 52.7 Å². The Bertz CT molecular complexity index is 370. The number of carboxylic acid groups (broad SMARTS) is 1. The van der Waals surface area contributed by atoms with Crippen LogP contribution in [0.2, 0.25) is 0 Å². The number of carboxylic acids is 1. The molecule has 0 spiro atoms. The van der Waals surface area contributed by atoms with Crippen LogP contribution in [0, 0.1) is 11.3 Å². The van der Waals surface area contributed by atoms with E-state index in [2.05, 4.69) is 5.32 Å². The van der Waals surface area contributed by atoms with Crippen molar-refractivity contribution < 1.29 is 19.4 Å². The van der Waals surface area contributed by atoms with Gasteiger partial charge in [0.05, 0.1) is 11.3 Å². The standard InChI is InChI=1S/C13H23NO4/c1-11(2,3)18-9(15)8-12(4,5)14-7-13(8,6)10(16)17/h8,14H,7H2,1-6H3,(H,16,17). The molecule has 18 heavy (non-hydrogen) atoms. The number of hydrogen-bond donors (Lipinski definition) is 2. The van der Waals surface area contributed by atoms with Gasteiger partial charge in [0.1, 0.15) is 5.60 Å². The number of carbonyl (C=O) groups is 2. The number of esters is 1. The van der Waals surface area contributed by atoms with E-state index in [9.17, 15) is 14.7 Å². The molecule has 0 saturated carbocycles. The first-order valence-corrected chi connectivity index (χ1v) is 6.11. The lowest BCUT2D eigenvalue weighted by Gasteiger charge is -2.34. The molecular formula is C13H23NO4. The Morgan fingerprint density at radius 1 is 1.28 bits per heavy atom. The van der Waals surface area contributed by atoms with Gasteiger partial charge in [-0.1, -0.05) is 0 Å². The Balaban J connectivity index is 3.07. The predicted octanol–water partition coefficient (Wildman–Crippen LogP) is 1.42. The van der Waals surface area contributed by atoms with Crippen molar-refractivity contribution in [2.75, 3.05) is 6.54 Å². The molecule has 1 rings (SSSR count). The summed E-state index contributed by atoms with van der Waals surface area (Å²) in [5.74, 6) is -2.14. The van der Waals surface area contributed by atoms with Gasteiger partial charge in [-0.2, -0.15) is 0 Å². The van der Waals surface area contributed by atoms with Gasteiger partial charge in [-0.3, -0.25) is 9.59 Å². The minimum absolute atomic E-state index is 0.263. The average molecular weight is 257 g/mol. The Morgan fingerprint density at radius 3 is 2.17 bits per heavy atom. The highest BCUT2D eigenvalue weighted by Gasteiger charge is 2.59. The fourth-order valence-electron chi connectivity index (χ4n) is 2.53. The Hall–Kier alpha value is -1.10. The smallest absolute Gasteiger partial charge is 0.312 e. The molecule has 1 fully saturated rings. The second kappa shape index (κ2) is 4.23. The number of carbonyl (C=O) groups excluding carboxylic acids is 1. The molecule has 0 aromatic rings. The summed E-state index contributed by atoms with van der Waals surface area (Å²) in [6.45, 7) is 10.8. The third-order valence-electron chi connectivity index (χ3n) is 3.40. The molecule has 1 heterocycles. The van der Waals surface area contributed by atoms with Crippen molar-refractivity contribution in [3.05, 3.63) is 0 Å². The highest BCUT2D eigenvalue weighted by molar-refractivity contribution is 5.86. The highest BCUT2D eigenvalue weighted by atomic mass is 16.6. The molecule has 1 aliphatic rings. The van der Waals surface area contributed by atoms with Gasteiger partial charge in [0.2, 0.25) is 0 Å². The minimum atomic E-state index is -1.13. The summed E-state index contributed by atoms with van der Waals surface area (Å²) < 4.78 is 5.36. The molecule has 0 aromatic carbocycles. The van der Waals surface area contributed by atoms with Gasteiger partial charge in [-0.05, 0) is 41.5 Å². The van der Waals surface area contributed by atoms with Gasteiger partial charge >= 0.3 is 11.9 Å². The normalized spacial score (nSPS) is 31.1. The summed E-state index contributed by atoms with van der Waals surface area (Å²) in [5.41, 5.74) is -2.34. The predicted molar refractivity (Wildman–Crippen MR) is 67.2 cm³/mol. The molecule has 5 heteroatoms. The van der Waals surface area contributed by atoms with Crippen molar-refractivity contribution in [1.29, 1.82) is 0 Å². The van der Waals surface area contributed by atoms with Gasteiger partial charge in [-0.15, -0.1) is 0 Å². The molecule has 0 radical (unpaired) electrons. The number of ether oxygens (including phenoxy) is 1. The lowest BCUT2D eigenvalue weighted by Crippen LogP contribution is -2.49. The monoisotopic (exact) mass is 257 g/mol. The van der Waals surface area contributed by atoms with Crippen LogP contribution >= 0.6 is 0 Å². The maximum absolute atomic E-state index is 12.3. The van der Waals surface area contributed by atoms with E-state index in [4.69, 9.17) is 4.74 Å². The zero-order chi connectivity index (χ0) is 14.4. The van der Waals surface area contributed by atoms with Crippen LogP contribution in [0.1, 0.15) is 41.5 Å². The van der Waals surface area contributed by atoms with Gasteiger partial charge in [0, 0.05) is 12.1 Å². The molecular weight excluding hydrogens is 234 g/mol. The molecule has 104 valence electrons. The zero-order valence-corrected chi connectivity index (χ0v) is 12.0. The van der Waals surface area contributed by atoms with E-state index in [0.29, 0.717) is 0 Å². The first kappa shape index (κ1) is 15.0. The van der Waals surface area contributed by atoms with Crippen LogP contribution in [0.4, 0.5) is 0 Å². The van der Waals surface area contributed by atoms with Crippen molar-refractivity contribution >= 4 is 11.9 Å². The average Bonchev–Trinajstić information content (AvgIpc) is 2.35. The largest absolute Gasteiger partial charge is 0.481 e. The first-order valence-electron chi connectivity index (χ1n) is 6.11. The van der Waals surface area contributed by atoms with E-state index in [-0.39, 0.29) is 6.54 Å². The van der Waals surface area contributed by atoms with E-state index in [0.717, 1.165) is 0 Å². The maximum atomic E-state index is 12.3. The molecule has 2 atom stereocenters. The molecule has 0 amide bonds. The SMILES string of the molecule is CC(C)(C)OC(=O)C1C(C)(C)NCC1(C)C(=O)O. The quantitative estimate of drug-likeness (QED) is 0.732. The van der Waals surface area contributed by atoms with Crippen LogP contribution in [-0.2, 0) is 14.3 Å². The first-order chi connectivity index (χ1) is 7.90. The summed E-state index contributed by atoms with van der Waals surface area (Å²) >= 11 is 0. The van der Waals surface area contributed by atoms with Crippen LogP contribution in [0.15, 0.2) is 0 Å². The summed E-state index contributed by atoms with van der Waals surface area (Å²) in [6.07, 6.45) is 0. The summed E-state index contributed by atoms with van der Waals surface area (Å²) in [5, 5.41) is 12.5. The van der Waals surface area contributed by atoms with E-state index in [1.165, 1.54) is 0 Å². The fraction of sp³-hybridized carbons (Fsp3) is 0.846. The van der Waals surface area contributed by atoms with E-state index >= 15 is 0 Å². The maximum Gasteiger partial charge on any atom is 0.312 e. The number of rotatable bonds is 2. The lowest BCUT2D eigenvalue weighted by atomic mass is 9.72. The van der Waals surface area contributed by atoms with Crippen molar-refractivity contribution in [3.8, 4) is 0 Å². The summed E-state index contributed by atoms with van der Waals surface area (Å²) in [4.78, 5) is 23.7. The topological polar surface area (TPSA) is 75.6 Å². The Labute approximate surface area is 108 Å². The molecule has 5 nitrogen and oxygen atoms in total. The van der Waals surface area contributed by atoms with Crippen molar-refractivity contribution in [1.82, 2.24) is 5.32 Å². The second-order valence-corrected chi connectivity index (χ2v) is 6.76. The van der Waals surface area contributed by atoms with Crippen LogP contribution < -0.4 is 5.32 Å². The van der Waals surface area contributed by atoms with Gasteiger partial charge in [0.15, 0.2) is 0 Å². The van der Waals surface area contributed by atoms with Crippen molar-refractivity contribution in [3.63, 3.8) is 0 Å². The molecule has 1 aliphatic heterocycles. The van der Waals surface area contributed by atoms with Crippen LogP contribution in [-0.4, -0.2) is 34.7 Å².